The summed E-state index contributed by atoms with van der Waals surface area (Å²) in [4.78, 5) is 6.20. The van der Waals surface area contributed by atoms with E-state index >= 15 is 0 Å². The molecule has 0 bridgehead atoms. The molecule has 1 aromatic heterocycles. The van der Waals surface area contributed by atoms with Crippen molar-refractivity contribution in [2.75, 3.05) is 13.1 Å². The fraction of sp³-hybridized carbons (Fsp3) is 0.385. The largest absolute Gasteiger partial charge is 0.389 e. The number of β-amino-alcohol motifs (C(OH)–C–C–N with tert-alkyl or cyclic N) is 2. The molecule has 1 aromatic carbocycles. The molecule has 2 N–H and O–H groups in total. The highest BCUT2D eigenvalue weighted by molar-refractivity contribution is 5.53. The number of aliphatic hydroxyl groups is 2. The summed E-state index contributed by atoms with van der Waals surface area (Å²) < 4.78 is 5.19. The van der Waals surface area contributed by atoms with Crippen molar-refractivity contribution in [1.29, 1.82) is 0 Å². The van der Waals surface area contributed by atoms with Crippen LogP contribution in [0.4, 0.5) is 0 Å². The van der Waals surface area contributed by atoms with E-state index in [2.05, 4.69) is 10.1 Å². The Morgan fingerprint density at radius 1 is 1.16 bits per heavy atom. The van der Waals surface area contributed by atoms with Gasteiger partial charge < -0.3 is 14.7 Å². The van der Waals surface area contributed by atoms with Crippen LogP contribution in [0, 0.1) is 0 Å². The topological polar surface area (TPSA) is 82.6 Å². The fourth-order valence-corrected chi connectivity index (χ4v) is 2.19. The number of likely N-dealkylation sites (tertiary alicyclic amines) is 1. The lowest BCUT2D eigenvalue weighted by atomic mass is 10.2. The van der Waals surface area contributed by atoms with Gasteiger partial charge in [0.15, 0.2) is 0 Å². The Morgan fingerprint density at radius 2 is 1.84 bits per heavy atom. The molecule has 1 saturated heterocycles. The van der Waals surface area contributed by atoms with E-state index < -0.39 is 12.2 Å². The van der Waals surface area contributed by atoms with Gasteiger partial charge in [-0.05, 0) is 0 Å². The number of hydrogen-bond acceptors (Lipinski definition) is 6. The van der Waals surface area contributed by atoms with Crippen LogP contribution in [-0.4, -0.2) is 50.6 Å². The van der Waals surface area contributed by atoms with Gasteiger partial charge in [-0.3, -0.25) is 4.90 Å². The van der Waals surface area contributed by atoms with E-state index in [0.717, 1.165) is 5.56 Å². The molecule has 3 rings (SSSR count). The van der Waals surface area contributed by atoms with E-state index in [4.69, 9.17) is 4.52 Å². The molecule has 2 aromatic rings. The SMILES string of the molecule is OC1CN(Cc2nc(-c3ccccc3)no2)CC1O. The molecule has 1 aliphatic rings. The van der Waals surface area contributed by atoms with E-state index in [1.54, 1.807) is 0 Å². The van der Waals surface area contributed by atoms with Gasteiger partial charge >= 0.3 is 0 Å². The van der Waals surface area contributed by atoms with Crippen LogP contribution in [0.3, 0.4) is 0 Å². The van der Waals surface area contributed by atoms with Crippen LogP contribution in [0.5, 0.6) is 0 Å². The molecule has 19 heavy (non-hydrogen) atoms. The molecule has 6 nitrogen and oxygen atoms in total. The lowest BCUT2D eigenvalue weighted by molar-refractivity contribution is 0.0572. The van der Waals surface area contributed by atoms with Crippen LogP contribution < -0.4 is 0 Å². The van der Waals surface area contributed by atoms with Crippen molar-refractivity contribution in [2.24, 2.45) is 0 Å². The molecule has 0 saturated carbocycles. The second-order valence-corrected chi connectivity index (χ2v) is 4.71. The summed E-state index contributed by atoms with van der Waals surface area (Å²) in [6.45, 7) is 1.28. The third-order valence-corrected chi connectivity index (χ3v) is 3.19. The number of hydrogen-bond donors (Lipinski definition) is 2. The first-order valence-corrected chi connectivity index (χ1v) is 6.19. The van der Waals surface area contributed by atoms with E-state index in [1.807, 2.05) is 35.2 Å². The number of aliphatic hydroxyl groups excluding tert-OH is 2. The van der Waals surface area contributed by atoms with Gasteiger partial charge in [-0.15, -0.1) is 0 Å². The van der Waals surface area contributed by atoms with Crippen molar-refractivity contribution in [2.45, 2.75) is 18.8 Å². The normalized spacial score (nSPS) is 23.9. The van der Waals surface area contributed by atoms with Crippen LogP contribution in [0.15, 0.2) is 34.9 Å². The van der Waals surface area contributed by atoms with Gasteiger partial charge in [0.25, 0.3) is 0 Å². The molecule has 2 unspecified atom stereocenters. The van der Waals surface area contributed by atoms with Gasteiger partial charge in [-0.2, -0.15) is 4.98 Å². The van der Waals surface area contributed by atoms with Crippen LogP contribution in [0.1, 0.15) is 5.89 Å². The highest BCUT2D eigenvalue weighted by atomic mass is 16.5. The first-order chi connectivity index (χ1) is 9.22. The Bertz CT molecular complexity index is 533. The van der Waals surface area contributed by atoms with Gasteiger partial charge in [0.1, 0.15) is 0 Å². The predicted octanol–water partition coefficient (Wildman–Crippen LogP) is 0.274. The third-order valence-electron chi connectivity index (χ3n) is 3.19. The average molecular weight is 261 g/mol. The monoisotopic (exact) mass is 261 g/mol. The van der Waals surface area contributed by atoms with Crippen molar-refractivity contribution in [3.05, 3.63) is 36.2 Å². The standard InChI is InChI=1S/C13H15N3O3/c17-10-6-16(7-11(10)18)8-12-14-13(15-19-12)9-4-2-1-3-5-9/h1-5,10-11,17-18H,6-8H2. The molecule has 0 radical (unpaired) electrons. The maximum absolute atomic E-state index is 9.47. The summed E-state index contributed by atoms with van der Waals surface area (Å²) >= 11 is 0. The molecule has 0 spiro atoms. The second kappa shape index (κ2) is 5.08. The summed E-state index contributed by atoms with van der Waals surface area (Å²) in [5.74, 6) is 1.04. The quantitative estimate of drug-likeness (QED) is 0.825. The summed E-state index contributed by atoms with van der Waals surface area (Å²) in [7, 11) is 0. The van der Waals surface area contributed by atoms with Crippen LogP contribution >= 0.6 is 0 Å². The number of rotatable bonds is 3. The zero-order chi connectivity index (χ0) is 13.2. The average Bonchev–Trinajstić information content (AvgIpc) is 2.99. The Labute approximate surface area is 110 Å². The Kier molecular flexibility index (Phi) is 3.29. The van der Waals surface area contributed by atoms with Gasteiger partial charge in [0.2, 0.25) is 11.7 Å². The lowest BCUT2D eigenvalue weighted by Crippen LogP contribution is -2.22. The smallest absolute Gasteiger partial charge is 0.241 e. The van der Waals surface area contributed by atoms with Crippen molar-refractivity contribution >= 4 is 0 Å². The Balaban J connectivity index is 1.69. The molecular formula is C13H15N3O3. The maximum atomic E-state index is 9.47. The van der Waals surface area contributed by atoms with Crippen molar-refractivity contribution in [3.63, 3.8) is 0 Å². The summed E-state index contributed by atoms with van der Waals surface area (Å²) in [6.07, 6.45) is -1.40. The van der Waals surface area contributed by atoms with Crippen LogP contribution in [0.2, 0.25) is 0 Å². The maximum Gasteiger partial charge on any atom is 0.241 e. The summed E-state index contributed by atoms with van der Waals surface area (Å²) in [5.41, 5.74) is 0.902. The number of benzene rings is 1. The predicted molar refractivity (Wildman–Crippen MR) is 67.0 cm³/mol. The van der Waals surface area contributed by atoms with Crippen molar-refractivity contribution < 1.29 is 14.7 Å². The molecule has 100 valence electrons. The van der Waals surface area contributed by atoms with Gasteiger partial charge in [0.05, 0.1) is 18.8 Å². The third kappa shape index (κ3) is 2.65. The Morgan fingerprint density at radius 3 is 2.53 bits per heavy atom. The van der Waals surface area contributed by atoms with Crippen molar-refractivity contribution in [1.82, 2.24) is 15.0 Å². The highest BCUT2D eigenvalue weighted by Crippen LogP contribution is 2.17. The van der Waals surface area contributed by atoms with E-state index in [-0.39, 0.29) is 0 Å². The van der Waals surface area contributed by atoms with Crippen LogP contribution in [-0.2, 0) is 6.54 Å². The van der Waals surface area contributed by atoms with Gasteiger partial charge in [-0.1, -0.05) is 35.5 Å². The molecule has 1 aliphatic heterocycles. The zero-order valence-electron chi connectivity index (χ0n) is 10.3. The molecule has 2 heterocycles. The van der Waals surface area contributed by atoms with E-state index in [1.165, 1.54) is 0 Å². The van der Waals surface area contributed by atoms with Crippen molar-refractivity contribution in [3.8, 4) is 11.4 Å². The first kappa shape index (κ1) is 12.3. The van der Waals surface area contributed by atoms with E-state index in [0.29, 0.717) is 31.3 Å². The minimum Gasteiger partial charge on any atom is -0.389 e. The molecule has 2 atom stereocenters. The lowest BCUT2D eigenvalue weighted by Gasteiger charge is -2.10. The second-order valence-electron chi connectivity index (χ2n) is 4.71. The fourth-order valence-electron chi connectivity index (χ4n) is 2.19. The minimum atomic E-state index is -0.698. The molecular weight excluding hydrogens is 246 g/mol. The molecule has 6 heteroatoms. The van der Waals surface area contributed by atoms with E-state index in [9.17, 15) is 10.2 Å². The Hall–Kier alpha value is -1.76. The summed E-state index contributed by atoms with van der Waals surface area (Å²) in [6, 6.07) is 9.59. The highest BCUT2D eigenvalue weighted by Gasteiger charge is 2.30. The molecule has 0 amide bonds. The van der Waals surface area contributed by atoms with Gasteiger partial charge in [0, 0.05) is 18.7 Å². The minimum absolute atomic E-state index is 0.421. The number of aromatic nitrogens is 2. The molecule has 1 fully saturated rings. The number of nitrogens with zero attached hydrogens (tertiary/aromatic N) is 3. The summed E-state index contributed by atoms with van der Waals surface area (Å²) in [5, 5.41) is 22.9. The zero-order valence-corrected chi connectivity index (χ0v) is 10.3. The molecule has 0 aliphatic carbocycles. The van der Waals surface area contributed by atoms with Crippen LogP contribution in [0.25, 0.3) is 11.4 Å². The van der Waals surface area contributed by atoms with Gasteiger partial charge in [-0.25, -0.2) is 0 Å². The first-order valence-electron chi connectivity index (χ1n) is 6.19.